The van der Waals surface area contributed by atoms with E-state index < -0.39 is 12.1 Å². The van der Waals surface area contributed by atoms with Gasteiger partial charge in [-0.25, -0.2) is 9.59 Å². The Morgan fingerprint density at radius 2 is 1.86 bits per heavy atom. The van der Waals surface area contributed by atoms with Gasteiger partial charge in [-0.3, -0.25) is 0 Å². The molecule has 0 aliphatic carbocycles. The van der Waals surface area contributed by atoms with Crippen molar-refractivity contribution < 1.29 is 18.7 Å². The quantitative estimate of drug-likeness (QED) is 0.470. The number of hydrogen-bond acceptors (Lipinski definition) is 5. The lowest BCUT2D eigenvalue weighted by Crippen LogP contribution is -2.26. The maximum Gasteiger partial charge on any atom is 0.347 e. The summed E-state index contributed by atoms with van der Waals surface area (Å²) in [6.07, 6.45) is -0.306. The minimum atomic E-state index is -0.770. The topological polar surface area (TPSA) is 65.7 Å². The summed E-state index contributed by atoms with van der Waals surface area (Å²) >= 11 is 0. The highest BCUT2D eigenvalue weighted by molar-refractivity contribution is 5.89. The molecule has 1 aromatic heterocycles. The van der Waals surface area contributed by atoms with E-state index >= 15 is 0 Å². The van der Waals surface area contributed by atoms with Crippen molar-refractivity contribution in [3.05, 3.63) is 75.1 Å². The van der Waals surface area contributed by atoms with Crippen LogP contribution in [0.25, 0.3) is 11.0 Å². The van der Waals surface area contributed by atoms with Gasteiger partial charge in [-0.15, -0.1) is 0 Å². The molecule has 0 bridgehead atoms. The predicted molar refractivity (Wildman–Crippen MR) is 108 cm³/mol. The van der Waals surface area contributed by atoms with Crippen molar-refractivity contribution in [1.29, 1.82) is 0 Å². The number of benzene rings is 2. The van der Waals surface area contributed by atoms with Gasteiger partial charge >= 0.3 is 11.6 Å². The number of carbonyl (C=O) groups excluding carboxylic acids is 1. The van der Waals surface area contributed by atoms with Gasteiger partial charge in [0.15, 0.2) is 6.10 Å². The first-order chi connectivity index (χ1) is 13.4. The highest BCUT2D eigenvalue weighted by Crippen LogP contribution is 2.32. The van der Waals surface area contributed by atoms with Crippen LogP contribution in [0.5, 0.6) is 5.75 Å². The molecule has 0 saturated carbocycles. The minimum Gasteiger partial charge on any atom is -0.478 e. The lowest BCUT2D eigenvalue weighted by Gasteiger charge is -2.17. The molecule has 0 amide bonds. The average molecular weight is 380 g/mol. The summed E-state index contributed by atoms with van der Waals surface area (Å²) in [5, 5.41) is 0.701. The molecule has 1 atom stereocenters. The summed E-state index contributed by atoms with van der Waals surface area (Å²) in [6.45, 7) is 7.45. The highest BCUT2D eigenvalue weighted by Gasteiger charge is 2.21. The number of ether oxygens (including phenoxy) is 2. The number of aryl methyl sites for hydroxylation is 2. The van der Waals surface area contributed by atoms with E-state index in [1.54, 1.807) is 19.9 Å². The molecule has 5 heteroatoms. The van der Waals surface area contributed by atoms with Crippen molar-refractivity contribution >= 4 is 16.9 Å². The Morgan fingerprint density at radius 1 is 1.14 bits per heavy atom. The van der Waals surface area contributed by atoms with Crippen LogP contribution in [-0.4, -0.2) is 18.7 Å². The Morgan fingerprint density at radius 3 is 2.54 bits per heavy atom. The van der Waals surface area contributed by atoms with Crippen molar-refractivity contribution in [1.82, 2.24) is 0 Å². The molecule has 2 aromatic carbocycles. The van der Waals surface area contributed by atoms with Crippen molar-refractivity contribution in [2.45, 2.75) is 40.2 Å². The number of hydrogen-bond donors (Lipinski definition) is 0. The van der Waals surface area contributed by atoms with Gasteiger partial charge in [-0.05, 0) is 56.5 Å². The summed E-state index contributed by atoms with van der Waals surface area (Å²) in [6, 6.07) is 13.4. The second-order valence-electron chi connectivity index (χ2n) is 6.80. The van der Waals surface area contributed by atoms with Gasteiger partial charge in [0.05, 0.1) is 12.0 Å². The van der Waals surface area contributed by atoms with Crippen LogP contribution in [0.3, 0.4) is 0 Å². The first-order valence-corrected chi connectivity index (χ1v) is 9.34. The van der Waals surface area contributed by atoms with E-state index in [0.717, 1.165) is 16.7 Å². The molecule has 0 aliphatic heterocycles. The van der Waals surface area contributed by atoms with E-state index in [4.69, 9.17) is 13.9 Å². The largest absolute Gasteiger partial charge is 0.478 e. The van der Waals surface area contributed by atoms with Gasteiger partial charge in [0, 0.05) is 12.0 Å². The van der Waals surface area contributed by atoms with Crippen molar-refractivity contribution in [3.63, 3.8) is 0 Å². The molecule has 0 fully saturated rings. The molecule has 3 rings (SSSR count). The number of esters is 1. The second-order valence-corrected chi connectivity index (χ2v) is 6.80. The zero-order valence-corrected chi connectivity index (χ0v) is 16.6. The van der Waals surface area contributed by atoms with Gasteiger partial charge in [-0.1, -0.05) is 30.3 Å². The fraction of sp³-hybridized carbons (Fsp3) is 0.304. The lowest BCUT2D eigenvalue weighted by molar-refractivity contribution is -0.150. The minimum absolute atomic E-state index is 0.288. The summed E-state index contributed by atoms with van der Waals surface area (Å²) in [7, 11) is 0. The number of carbonyl (C=O) groups is 1. The number of rotatable bonds is 6. The molecule has 3 aromatic rings. The molecular weight excluding hydrogens is 356 g/mol. The normalized spacial score (nSPS) is 12.0. The summed E-state index contributed by atoms with van der Waals surface area (Å²) in [4.78, 5) is 24.6. The van der Waals surface area contributed by atoms with Gasteiger partial charge < -0.3 is 13.9 Å². The first kappa shape index (κ1) is 19.7. The van der Waals surface area contributed by atoms with Crippen LogP contribution in [0.1, 0.15) is 36.1 Å². The average Bonchev–Trinajstić information content (AvgIpc) is 2.65. The fourth-order valence-electron chi connectivity index (χ4n) is 3.23. The molecular formula is C23H24O5. The molecule has 0 saturated heterocycles. The summed E-state index contributed by atoms with van der Waals surface area (Å²) < 4.78 is 16.6. The zero-order chi connectivity index (χ0) is 20.3. The van der Waals surface area contributed by atoms with Crippen molar-refractivity contribution in [3.8, 4) is 5.75 Å². The van der Waals surface area contributed by atoms with Crippen LogP contribution >= 0.6 is 0 Å². The fourth-order valence-corrected chi connectivity index (χ4v) is 3.23. The van der Waals surface area contributed by atoms with Crippen LogP contribution in [0.2, 0.25) is 0 Å². The maximum absolute atomic E-state index is 12.6. The second kappa shape index (κ2) is 8.30. The molecule has 5 nitrogen and oxygen atoms in total. The molecule has 0 N–H and O–H groups in total. The van der Waals surface area contributed by atoms with Crippen LogP contribution in [0, 0.1) is 13.8 Å². The molecule has 0 unspecified atom stereocenters. The zero-order valence-electron chi connectivity index (χ0n) is 16.6. The third-order valence-corrected chi connectivity index (χ3v) is 4.63. The third-order valence-electron chi connectivity index (χ3n) is 4.63. The molecule has 146 valence electrons. The molecule has 28 heavy (non-hydrogen) atoms. The van der Waals surface area contributed by atoms with E-state index in [1.807, 2.05) is 50.2 Å². The highest BCUT2D eigenvalue weighted by atomic mass is 16.6. The standard InChI is InChI=1S/C23H24O5/c1-5-26-22(24)16(4)27-19-11-14(2)12-20-21(19)15(3)18(23(25)28-20)13-17-9-7-6-8-10-17/h6-12,16H,5,13H2,1-4H3/t16-/m1/s1. The molecule has 0 aliphatic rings. The molecule has 0 spiro atoms. The Hall–Kier alpha value is -3.08. The van der Waals surface area contributed by atoms with E-state index in [0.29, 0.717) is 28.7 Å². The Bertz CT molecular complexity index is 1050. The smallest absolute Gasteiger partial charge is 0.347 e. The summed E-state index contributed by atoms with van der Waals surface area (Å²) in [5.41, 5.74) is 3.36. The maximum atomic E-state index is 12.6. The Kier molecular flexibility index (Phi) is 5.83. The lowest BCUT2D eigenvalue weighted by atomic mass is 9.98. The number of fused-ring (bicyclic) bond motifs is 1. The summed E-state index contributed by atoms with van der Waals surface area (Å²) in [5.74, 6) is 0.0721. The van der Waals surface area contributed by atoms with Gasteiger partial charge in [0.1, 0.15) is 11.3 Å². The van der Waals surface area contributed by atoms with Crippen molar-refractivity contribution in [2.24, 2.45) is 0 Å². The van der Waals surface area contributed by atoms with Gasteiger partial charge in [0.2, 0.25) is 0 Å². The van der Waals surface area contributed by atoms with Gasteiger partial charge in [-0.2, -0.15) is 0 Å². The van der Waals surface area contributed by atoms with E-state index in [-0.39, 0.29) is 12.2 Å². The third kappa shape index (κ3) is 4.09. The SMILES string of the molecule is CCOC(=O)[C@@H](C)Oc1cc(C)cc2oc(=O)c(Cc3ccccc3)c(C)c12. The first-order valence-electron chi connectivity index (χ1n) is 9.34. The van der Waals surface area contributed by atoms with Crippen LogP contribution in [0.4, 0.5) is 0 Å². The van der Waals surface area contributed by atoms with E-state index in [9.17, 15) is 9.59 Å². The van der Waals surface area contributed by atoms with Crippen molar-refractivity contribution in [2.75, 3.05) is 6.61 Å². The van der Waals surface area contributed by atoms with Crippen LogP contribution in [0.15, 0.2) is 51.7 Å². The molecule has 0 radical (unpaired) electrons. The van der Waals surface area contributed by atoms with Gasteiger partial charge in [0.25, 0.3) is 0 Å². The van der Waals surface area contributed by atoms with E-state index in [2.05, 4.69) is 0 Å². The van der Waals surface area contributed by atoms with E-state index in [1.165, 1.54) is 0 Å². The Balaban J connectivity index is 2.10. The Labute approximate surface area is 163 Å². The predicted octanol–water partition coefficient (Wildman–Crippen LogP) is 4.33. The molecule has 1 heterocycles. The monoisotopic (exact) mass is 380 g/mol. The van der Waals surface area contributed by atoms with Crippen LogP contribution in [-0.2, 0) is 16.0 Å². The van der Waals surface area contributed by atoms with Crippen LogP contribution < -0.4 is 10.4 Å².